The Hall–Kier alpha value is -0.550. The molecule has 0 amide bonds. The Morgan fingerprint density at radius 2 is 1.89 bits per heavy atom. The van der Waals surface area contributed by atoms with Crippen molar-refractivity contribution < 1.29 is 5.11 Å². The number of nitrogens with zero attached hydrogens (tertiary/aromatic N) is 1. The van der Waals surface area contributed by atoms with Crippen LogP contribution < -0.4 is 0 Å². The fourth-order valence-corrected chi connectivity index (χ4v) is 4.80. The monoisotopic (exact) mass is 263 g/mol. The molecule has 4 unspecified atom stereocenters. The Bertz CT molecular complexity index is 359. The van der Waals surface area contributed by atoms with Crippen molar-refractivity contribution in [3.05, 3.63) is 0 Å². The summed E-state index contributed by atoms with van der Waals surface area (Å²) in [5, 5.41) is 21.3. The molecule has 2 aliphatic rings. The molecular weight excluding hydrogens is 234 g/mol. The number of hydrogen-bond donors (Lipinski definition) is 1. The molecule has 2 heteroatoms. The quantitative estimate of drug-likeness (QED) is 0.808. The van der Waals surface area contributed by atoms with Gasteiger partial charge in [0.1, 0.15) is 0 Å². The van der Waals surface area contributed by atoms with Crippen molar-refractivity contribution in [2.45, 2.75) is 77.7 Å². The maximum absolute atomic E-state index is 11.5. The topological polar surface area (TPSA) is 44.0 Å². The van der Waals surface area contributed by atoms with Crippen molar-refractivity contribution in [3.8, 4) is 6.07 Å². The Morgan fingerprint density at radius 3 is 2.47 bits per heavy atom. The minimum absolute atomic E-state index is 0.297. The molecule has 2 rings (SSSR count). The van der Waals surface area contributed by atoms with Gasteiger partial charge in [-0.25, -0.2) is 0 Å². The average molecular weight is 263 g/mol. The highest BCUT2D eigenvalue weighted by Crippen LogP contribution is 2.55. The van der Waals surface area contributed by atoms with E-state index in [4.69, 9.17) is 0 Å². The maximum Gasteiger partial charge on any atom is 0.0865 e. The van der Waals surface area contributed by atoms with Crippen LogP contribution in [0.3, 0.4) is 0 Å². The second kappa shape index (κ2) is 5.44. The molecule has 0 aromatic rings. The summed E-state index contributed by atoms with van der Waals surface area (Å²) in [7, 11) is 0. The van der Waals surface area contributed by atoms with Crippen LogP contribution in [0.2, 0.25) is 0 Å². The largest absolute Gasteiger partial charge is 0.388 e. The van der Waals surface area contributed by atoms with Gasteiger partial charge in [0, 0.05) is 0 Å². The summed E-state index contributed by atoms with van der Waals surface area (Å²) in [6.45, 7) is 6.65. The van der Waals surface area contributed by atoms with Gasteiger partial charge in [0.05, 0.1) is 17.1 Å². The molecule has 0 heterocycles. The highest BCUT2D eigenvalue weighted by molar-refractivity contribution is 5.16. The zero-order valence-electron chi connectivity index (χ0n) is 12.8. The van der Waals surface area contributed by atoms with E-state index in [0.717, 1.165) is 38.5 Å². The van der Waals surface area contributed by atoms with E-state index in [2.05, 4.69) is 26.8 Å². The standard InChI is InChI=1S/C17H29NO/c1-13(2)15-8-4-5-10-17(15,19)16(12-18)9-6-7-14(3)11-16/h13-15,19H,4-11H2,1-3H3. The SMILES string of the molecule is CC1CCCC(C#N)(C2(O)CCCCC2C(C)C)C1. The molecule has 2 fully saturated rings. The molecule has 0 aliphatic heterocycles. The molecule has 2 nitrogen and oxygen atoms in total. The minimum Gasteiger partial charge on any atom is -0.388 e. The molecule has 2 saturated carbocycles. The Balaban J connectivity index is 2.35. The van der Waals surface area contributed by atoms with Crippen LogP contribution in [-0.2, 0) is 0 Å². The fraction of sp³-hybridized carbons (Fsp3) is 0.941. The molecule has 108 valence electrons. The van der Waals surface area contributed by atoms with Crippen molar-refractivity contribution >= 4 is 0 Å². The third-order valence-electron chi connectivity index (χ3n) is 5.78. The lowest BCUT2D eigenvalue weighted by Gasteiger charge is -2.53. The van der Waals surface area contributed by atoms with Crippen molar-refractivity contribution in [2.75, 3.05) is 0 Å². The number of rotatable bonds is 2. The van der Waals surface area contributed by atoms with Crippen molar-refractivity contribution in [3.63, 3.8) is 0 Å². The van der Waals surface area contributed by atoms with E-state index in [1.807, 2.05) is 0 Å². The Kier molecular flexibility index (Phi) is 4.26. The van der Waals surface area contributed by atoms with Crippen LogP contribution in [0.15, 0.2) is 0 Å². The maximum atomic E-state index is 11.5. The van der Waals surface area contributed by atoms with Crippen LogP contribution in [-0.4, -0.2) is 10.7 Å². The predicted octanol–water partition coefficient (Wildman–Crippen LogP) is 4.28. The normalized spacial score (nSPS) is 44.0. The van der Waals surface area contributed by atoms with Gasteiger partial charge < -0.3 is 5.11 Å². The van der Waals surface area contributed by atoms with Crippen LogP contribution in [0.1, 0.15) is 72.1 Å². The lowest BCUT2D eigenvalue weighted by Crippen LogP contribution is -2.57. The third kappa shape index (κ3) is 2.42. The molecule has 1 N–H and O–H groups in total. The first-order valence-corrected chi connectivity index (χ1v) is 8.09. The Labute approximate surface area is 118 Å². The molecule has 0 spiro atoms. The summed E-state index contributed by atoms with van der Waals surface area (Å²) >= 11 is 0. The van der Waals surface area contributed by atoms with Crippen molar-refractivity contribution in [1.29, 1.82) is 5.26 Å². The van der Waals surface area contributed by atoms with Gasteiger partial charge in [-0.1, -0.05) is 46.5 Å². The van der Waals surface area contributed by atoms with Crippen LogP contribution in [0.5, 0.6) is 0 Å². The first-order valence-electron chi connectivity index (χ1n) is 8.09. The van der Waals surface area contributed by atoms with E-state index in [9.17, 15) is 10.4 Å². The van der Waals surface area contributed by atoms with Gasteiger partial charge in [-0.15, -0.1) is 0 Å². The van der Waals surface area contributed by atoms with E-state index in [1.54, 1.807) is 0 Å². The highest BCUT2D eigenvalue weighted by Gasteiger charge is 2.57. The number of hydrogen-bond acceptors (Lipinski definition) is 2. The lowest BCUT2D eigenvalue weighted by molar-refractivity contribution is -0.153. The van der Waals surface area contributed by atoms with Crippen molar-refractivity contribution in [2.24, 2.45) is 23.2 Å². The minimum atomic E-state index is -0.747. The molecule has 0 aromatic heterocycles. The highest BCUT2D eigenvalue weighted by atomic mass is 16.3. The second-order valence-electron chi connectivity index (χ2n) is 7.42. The smallest absolute Gasteiger partial charge is 0.0865 e. The van der Waals surface area contributed by atoms with Crippen LogP contribution in [0, 0.1) is 34.5 Å². The predicted molar refractivity (Wildman–Crippen MR) is 77.4 cm³/mol. The van der Waals surface area contributed by atoms with E-state index < -0.39 is 11.0 Å². The Morgan fingerprint density at radius 1 is 1.16 bits per heavy atom. The summed E-state index contributed by atoms with van der Waals surface area (Å²) in [6, 6.07) is 2.59. The van der Waals surface area contributed by atoms with Gasteiger partial charge in [-0.2, -0.15) is 5.26 Å². The van der Waals surface area contributed by atoms with Gasteiger partial charge in [-0.3, -0.25) is 0 Å². The molecule has 2 aliphatic carbocycles. The molecular formula is C17H29NO. The zero-order chi connectivity index (χ0) is 14.1. The third-order valence-corrected chi connectivity index (χ3v) is 5.78. The second-order valence-corrected chi connectivity index (χ2v) is 7.42. The summed E-state index contributed by atoms with van der Waals surface area (Å²) in [6.07, 6.45) is 8.31. The summed E-state index contributed by atoms with van der Waals surface area (Å²) < 4.78 is 0. The number of aliphatic hydroxyl groups is 1. The average Bonchev–Trinajstić information content (AvgIpc) is 2.38. The summed E-state index contributed by atoms with van der Waals surface area (Å²) in [4.78, 5) is 0. The van der Waals surface area contributed by atoms with Gasteiger partial charge >= 0.3 is 0 Å². The van der Waals surface area contributed by atoms with Gasteiger partial charge in [0.25, 0.3) is 0 Å². The molecule has 0 radical (unpaired) electrons. The summed E-state index contributed by atoms with van der Waals surface area (Å²) in [5.74, 6) is 1.34. The van der Waals surface area contributed by atoms with Gasteiger partial charge in [0.2, 0.25) is 0 Å². The van der Waals surface area contributed by atoms with Crippen LogP contribution >= 0.6 is 0 Å². The molecule has 0 aromatic carbocycles. The van der Waals surface area contributed by atoms with E-state index in [-0.39, 0.29) is 0 Å². The zero-order valence-corrected chi connectivity index (χ0v) is 12.8. The van der Waals surface area contributed by atoms with Gasteiger partial charge in [-0.05, 0) is 43.4 Å². The molecule has 19 heavy (non-hydrogen) atoms. The van der Waals surface area contributed by atoms with E-state index in [0.29, 0.717) is 17.8 Å². The van der Waals surface area contributed by atoms with E-state index in [1.165, 1.54) is 12.8 Å². The van der Waals surface area contributed by atoms with E-state index >= 15 is 0 Å². The molecule has 4 atom stereocenters. The van der Waals surface area contributed by atoms with Crippen LogP contribution in [0.25, 0.3) is 0 Å². The lowest BCUT2D eigenvalue weighted by atomic mass is 9.53. The first-order chi connectivity index (χ1) is 8.95. The van der Waals surface area contributed by atoms with Gasteiger partial charge in [0.15, 0.2) is 0 Å². The molecule has 0 saturated heterocycles. The number of nitriles is 1. The van der Waals surface area contributed by atoms with Crippen molar-refractivity contribution in [1.82, 2.24) is 0 Å². The molecule has 0 bridgehead atoms. The first kappa shape index (κ1) is 14.9. The summed E-state index contributed by atoms with van der Waals surface area (Å²) in [5.41, 5.74) is -1.23. The fourth-order valence-electron chi connectivity index (χ4n) is 4.80. The van der Waals surface area contributed by atoms with Crippen LogP contribution in [0.4, 0.5) is 0 Å².